The molecule has 1 amide bonds. The van der Waals surface area contributed by atoms with Crippen LogP contribution in [-0.4, -0.2) is 25.6 Å². The van der Waals surface area contributed by atoms with Crippen LogP contribution in [0.2, 0.25) is 0 Å². The molecule has 0 spiro atoms. The van der Waals surface area contributed by atoms with Crippen molar-refractivity contribution in [3.63, 3.8) is 0 Å². The number of carbonyl (C=O) groups is 1. The van der Waals surface area contributed by atoms with Gasteiger partial charge in [-0.05, 0) is 24.3 Å². The summed E-state index contributed by atoms with van der Waals surface area (Å²) < 4.78 is 1.21. The molecule has 0 aliphatic heterocycles. The number of nitrogens with two attached hydrogens (primary N) is 1. The first-order valence-corrected chi connectivity index (χ1v) is 7.82. The van der Waals surface area contributed by atoms with Crippen LogP contribution in [-0.2, 0) is 0 Å². The Morgan fingerprint density at radius 3 is 2.15 bits per heavy atom. The molecule has 0 atom stereocenters. The lowest BCUT2D eigenvalue weighted by molar-refractivity contribution is 0.250. The second kappa shape index (κ2) is 6.17. The number of nitrogens with one attached hydrogen (secondary N) is 1. The summed E-state index contributed by atoms with van der Waals surface area (Å²) >= 11 is 0. The molecular weight excluding hydrogens is 332 g/mol. The van der Waals surface area contributed by atoms with Crippen LogP contribution in [0.15, 0.2) is 71.8 Å². The third-order valence-electron chi connectivity index (χ3n) is 3.85. The number of H-pyrrole nitrogens is 1. The van der Waals surface area contributed by atoms with E-state index in [-0.39, 0.29) is 17.1 Å². The number of hydrogen-bond donors (Lipinski definition) is 2. The number of aromatic amines is 1. The Morgan fingerprint density at radius 1 is 1.00 bits per heavy atom. The zero-order chi connectivity index (χ0) is 18.1. The topological polar surface area (TPSA) is 110 Å². The number of aromatic nitrogens is 4. The number of fused-ring (bicyclic) bond motifs is 1. The first kappa shape index (κ1) is 15.6. The van der Waals surface area contributed by atoms with Crippen LogP contribution in [0.25, 0.3) is 11.2 Å². The zero-order valence-corrected chi connectivity index (χ0v) is 13.5. The van der Waals surface area contributed by atoms with Crippen LogP contribution >= 0.6 is 0 Å². The number of para-hydroxylation sites is 2. The molecule has 26 heavy (non-hydrogen) atoms. The summed E-state index contributed by atoms with van der Waals surface area (Å²) in [5.74, 6) is -0.0805. The van der Waals surface area contributed by atoms with E-state index in [9.17, 15) is 9.59 Å². The van der Waals surface area contributed by atoms with E-state index in [0.29, 0.717) is 11.4 Å². The Morgan fingerprint density at radius 2 is 1.58 bits per heavy atom. The molecule has 4 aromatic rings. The third-order valence-corrected chi connectivity index (χ3v) is 3.85. The quantitative estimate of drug-likeness (QED) is 0.579. The summed E-state index contributed by atoms with van der Waals surface area (Å²) in [6.45, 7) is 0. The van der Waals surface area contributed by atoms with E-state index >= 15 is 0 Å². The molecule has 128 valence electrons. The monoisotopic (exact) mass is 346 g/mol. The lowest BCUT2D eigenvalue weighted by atomic mass is 10.2. The summed E-state index contributed by atoms with van der Waals surface area (Å²) in [5.41, 5.74) is 6.62. The van der Waals surface area contributed by atoms with Crippen molar-refractivity contribution in [1.29, 1.82) is 0 Å². The minimum absolute atomic E-state index is 0.0497. The van der Waals surface area contributed by atoms with E-state index in [1.807, 2.05) is 60.7 Å². The molecule has 0 aliphatic rings. The van der Waals surface area contributed by atoms with Crippen molar-refractivity contribution < 1.29 is 4.79 Å². The number of carbonyl (C=O) groups excluding carboxylic acids is 1. The second-order valence-corrected chi connectivity index (χ2v) is 5.53. The van der Waals surface area contributed by atoms with Crippen molar-refractivity contribution in [2.75, 3.05) is 10.6 Å². The van der Waals surface area contributed by atoms with Gasteiger partial charge in [0.15, 0.2) is 11.2 Å². The zero-order valence-electron chi connectivity index (χ0n) is 13.5. The highest BCUT2D eigenvalue weighted by Crippen LogP contribution is 2.26. The first-order valence-electron chi connectivity index (χ1n) is 7.82. The molecule has 2 heterocycles. The normalized spacial score (nSPS) is 10.8. The predicted molar refractivity (Wildman–Crippen MR) is 98.4 cm³/mol. The maximum absolute atomic E-state index is 13.3. The Kier molecular flexibility index (Phi) is 3.70. The largest absolute Gasteiger partial charge is 0.369 e. The van der Waals surface area contributed by atoms with Crippen molar-refractivity contribution in [3.8, 4) is 0 Å². The van der Waals surface area contributed by atoms with Gasteiger partial charge in [0.05, 0.1) is 11.4 Å². The SMILES string of the molecule is Nc1nc2c(ncn2C(=O)N(c2ccccc2)c2ccccc2)c(=O)[nH]1. The number of anilines is 3. The van der Waals surface area contributed by atoms with Gasteiger partial charge in [0.25, 0.3) is 5.56 Å². The molecule has 0 aliphatic carbocycles. The van der Waals surface area contributed by atoms with Crippen molar-refractivity contribution >= 4 is 34.5 Å². The van der Waals surface area contributed by atoms with Gasteiger partial charge < -0.3 is 5.73 Å². The van der Waals surface area contributed by atoms with Crippen LogP contribution in [0.4, 0.5) is 22.1 Å². The molecule has 0 radical (unpaired) electrons. The molecule has 0 fully saturated rings. The van der Waals surface area contributed by atoms with Gasteiger partial charge >= 0.3 is 6.03 Å². The molecule has 8 nitrogen and oxygen atoms in total. The van der Waals surface area contributed by atoms with Crippen molar-refractivity contribution in [3.05, 3.63) is 77.3 Å². The van der Waals surface area contributed by atoms with Gasteiger partial charge in [-0.25, -0.2) is 14.3 Å². The molecule has 2 aromatic carbocycles. The van der Waals surface area contributed by atoms with Crippen LogP contribution in [0.5, 0.6) is 0 Å². The van der Waals surface area contributed by atoms with E-state index in [4.69, 9.17) is 5.73 Å². The van der Waals surface area contributed by atoms with Gasteiger partial charge in [-0.2, -0.15) is 4.98 Å². The fourth-order valence-electron chi connectivity index (χ4n) is 2.70. The Labute approximate surface area is 147 Å². The van der Waals surface area contributed by atoms with Crippen molar-refractivity contribution in [1.82, 2.24) is 19.5 Å². The van der Waals surface area contributed by atoms with Gasteiger partial charge in [0, 0.05) is 0 Å². The summed E-state index contributed by atoms with van der Waals surface area (Å²) in [6, 6.07) is 17.9. The Balaban J connectivity index is 1.90. The molecule has 2 aromatic heterocycles. The number of rotatable bonds is 2. The Bertz CT molecular complexity index is 1100. The summed E-state index contributed by atoms with van der Waals surface area (Å²) in [6.07, 6.45) is 1.27. The molecule has 0 unspecified atom stereocenters. The molecule has 8 heteroatoms. The third kappa shape index (κ3) is 2.59. The highest BCUT2D eigenvalue weighted by Gasteiger charge is 2.23. The van der Waals surface area contributed by atoms with Crippen LogP contribution in [0.3, 0.4) is 0 Å². The van der Waals surface area contributed by atoms with E-state index in [1.165, 1.54) is 15.8 Å². The predicted octanol–water partition coefficient (Wildman–Crippen LogP) is 2.51. The highest BCUT2D eigenvalue weighted by atomic mass is 16.2. The van der Waals surface area contributed by atoms with Crippen LogP contribution < -0.4 is 16.2 Å². The minimum atomic E-state index is -0.495. The van der Waals surface area contributed by atoms with E-state index in [0.717, 1.165) is 0 Å². The number of nitrogens with zero attached hydrogens (tertiary/aromatic N) is 4. The van der Waals surface area contributed by atoms with Crippen molar-refractivity contribution in [2.45, 2.75) is 0 Å². The van der Waals surface area contributed by atoms with Gasteiger partial charge in [-0.1, -0.05) is 36.4 Å². The Hall–Kier alpha value is -3.94. The number of hydrogen-bond acceptors (Lipinski definition) is 5. The van der Waals surface area contributed by atoms with Gasteiger partial charge in [-0.15, -0.1) is 0 Å². The average Bonchev–Trinajstić information content (AvgIpc) is 3.08. The summed E-state index contributed by atoms with van der Waals surface area (Å²) in [7, 11) is 0. The number of benzene rings is 2. The van der Waals surface area contributed by atoms with Crippen LogP contribution in [0.1, 0.15) is 0 Å². The maximum atomic E-state index is 13.3. The second-order valence-electron chi connectivity index (χ2n) is 5.53. The number of amides is 1. The molecule has 4 rings (SSSR count). The van der Waals surface area contributed by atoms with E-state index in [1.54, 1.807) is 0 Å². The fraction of sp³-hybridized carbons (Fsp3) is 0. The minimum Gasteiger partial charge on any atom is -0.369 e. The number of imidazole rings is 1. The highest BCUT2D eigenvalue weighted by molar-refractivity contribution is 6.03. The lowest BCUT2D eigenvalue weighted by Crippen LogP contribution is -2.30. The summed E-state index contributed by atoms with van der Waals surface area (Å²) in [5, 5.41) is 0. The number of nitrogen functional groups attached to an aromatic ring is 1. The van der Waals surface area contributed by atoms with E-state index < -0.39 is 11.6 Å². The van der Waals surface area contributed by atoms with Crippen LogP contribution in [0, 0.1) is 0 Å². The average molecular weight is 346 g/mol. The molecule has 0 saturated heterocycles. The molecule has 0 bridgehead atoms. The maximum Gasteiger partial charge on any atom is 0.340 e. The molecule has 0 saturated carbocycles. The standard InChI is InChI=1S/C18H14N6O2/c19-17-21-15-14(16(25)22-17)20-11-23(15)18(26)24(12-7-3-1-4-8-12)13-9-5-2-6-10-13/h1-11H,(H3,19,21,22,25). The smallest absolute Gasteiger partial charge is 0.340 e. The van der Waals surface area contributed by atoms with Crippen molar-refractivity contribution in [2.24, 2.45) is 0 Å². The summed E-state index contributed by atoms with van der Waals surface area (Å²) in [4.78, 5) is 37.2. The molecule has 3 N–H and O–H groups in total. The van der Waals surface area contributed by atoms with E-state index in [2.05, 4.69) is 15.0 Å². The van der Waals surface area contributed by atoms with Gasteiger partial charge in [-0.3, -0.25) is 14.7 Å². The first-order chi connectivity index (χ1) is 12.6. The van der Waals surface area contributed by atoms with Gasteiger partial charge in [0.1, 0.15) is 6.33 Å². The van der Waals surface area contributed by atoms with Gasteiger partial charge in [0.2, 0.25) is 5.95 Å². The lowest BCUT2D eigenvalue weighted by Gasteiger charge is -2.23. The fourth-order valence-corrected chi connectivity index (χ4v) is 2.70. The molecular formula is C18H14N6O2.